The number of carboxylic acid groups (broad SMARTS) is 1. The number of aromatic amines is 1. The monoisotopic (exact) mass is 303 g/mol. The zero-order valence-electron chi connectivity index (χ0n) is 10.6. The highest BCUT2D eigenvalue weighted by molar-refractivity contribution is 6.31. The van der Waals surface area contributed by atoms with Crippen molar-refractivity contribution in [2.45, 2.75) is 0 Å². The number of phenols is 1. The number of nitrogens with zero attached hydrogens (tertiary/aromatic N) is 1. The quantitative estimate of drug-likeness (QED) is 0.556. The van der Waals surface area contributed by atoms with Gasteiger partial charge in [0.1, 0.15) is 11.3 Å². The first-order valence-electron chi connectivity index (χ1n) is 6.01. The van der Waals surface area contributed by atoms with Crippen molar-refractivity contribution < 1.29 is 15.0 Å². The van der Waals surface area contributed by atoms with Crippen LogP contribution in [0.4, 0.5) is 11.6 Å². The van der Waals surface area contributed by atoms with Gasteiger partial charge in [0.2, 0.25) is 5.95 Å². The van der Waals surface area contributed by atoms with Crippen LogP contribution < -0.4 is 5.32 Å². The largest absolute Gasteiger partial charge is 0.507 e. The predicted octanol–water partition coefficient (Wildman–Crippen LogP) is 3.36. The van der Waals surface area contributed by atoms with Crippen LogP contribution in [0.15, 0.2) is 36.4 Å². The van der Waals surface area contributed by atoms with Gasteiger partial charge in [0, 0.05) is 10.7 Å². The number of hydrogen-bond acceptors (Lipinski definition) is 4. The maximum atomic E-state index is 11.0. The van der Waals surface area contributed by atoms with E-state index in [0.717, 1.165) is 11.0 Å². The molecular formula is C14H10ClN3O3. The van der Waals surface area contributed by atoms with E-state index in [-0.39, 0.29) is 11.3 Å². The third-order valence-corrected chi connectivity index (χ3v) is 3.17. The fraction of sp³-hybridized carbons (Fsp3) is 0. The van der Waals surface area contributed by atoms with Crippen molar-refractivity contribution in [3.63, 3.8) is 0 Å². The zero-order valence-corrected chi connectivity index (χ0v) is 11.3. The summed E-state index contributed by atoms with van der Waals surface area (Å²) >= 11 is 5.90. The number of rotatable bonds is 3. The normalized spacial score (nSPS) is 10.7. The molecular weight excluding hydrogens is 294 g/mol. The molecule has 3 aromatic rings. The van der Waals surface area contributed by atoms with Gasteiger partial charge in [-0.3, -0.25) is 0 Å². The number of aromatic hydroxyl groups is 1. The Labute approximate surface area is 124 Å². The molecule has 0 unspecified atom stereocenters. The van der Waals surface area contributed by atoms with Crippen molar-refractivity contribution in [3.05, 3.63) is 47.0 Å². The van der Waals surface area contributed by atoms with Crippen LogP contribution >= 0.6 is 11.6 Å². The summed E-state index contributed by atoms with van der Waals surface area (Å²) in [6, 6.07) is 9.45. The number of anilines is 2. The highest BCUT2D eigenvalue weighted by Crippen LogP contribution is 2.25. The van der Waals surface area contributed by atoms with Gasteiger partial charge in [-0.25, -0.2) is 9.78 Å². The van der Waals surface area contributed by atoms with E-state index < -0.39 is 5.97 Å². The van der Waals surface area contributed by atoms with Crippen LogP contribution in [0.2, 0.25) is 5.02 Å². The molecule has 0 spiro atoms. The summed E-state index contributed by atoms with van der Waals surface area (Å²) in [5.74, 6) is -1.04. The molecule has 0 amide bonds. The highest BCUT2D eigenvalue weighted by atomic mass is 35.5. The average Bonchev–Trinajstić information content (AvgIpc) is 2.82. The Morgan fingerprint density at radius 2 is 2.05 bits per heavy atom. The summed E-state index contributed by atoms with van der Waals surface area (Å²) in [5, 5.41) is 22.0. The van der Waals surface area contributed by atoms with Crippen molar-refractivity contribution in [3.8, 4) is 5.75 Å². The summed E-state index contributed by atoms with van der Waals surface area (Å²) in [4.78, 5) is 18.3. The van der Waals surface area contributed by atoms with E-state index in [1.807, 2.05) is 0 Å². The van der Waals surface area contributed by atoms with Gasteiger partial charge in [0.15, 0.2) is 0 Å². The summed E-state index contributed by atoms with van der Waals surface area (Å²) < 4.78 is 0. The molecule has 106 valence electrons. The number of carbonyl (C=O) groups is 1. The van der Waals surface area contributed by atoms with Crippen LogP contribution in [0.5, 0.6) is 5.75 Å². The molecule has 0 atom stereocenters. The number of halogens is 1. The van der Waals surface area contributed by atoms with Crippen LogP contribution in [0.25, 0.3) is 11.0 Å². The lowest BCUT2D eigenvalue weighted by atomic mass is 10.2. The Morgan fingerprint density at radius 3 is 2.81 bits per heavy atom. The van der Waals surface area contributed by atoms with Crippen molar-refractivity contribution in [1.29, 1.82) is 0 Å². The number of nitrogens with one attached hydrogen (secondary N) is 2. The maximum absolute atomic E-state index is 11.0. The smallest absolute Gasteiger partial charge is 0.339 e. The van der Waals surface area contributed by atoms with E-state index >= 15 is 0 Å². The van der Waals surface area contributed by atoms with Crippen LogP contribution in [-0.2, 0) is 0 Å². The summed E-state index contributed by atoms with van der Waals surface area (Å²) in [6.07, 6.45) is 0. The number of carboxylic acids is 1. The van der Waals surface area contributed by atoms with Gasteiger partial charge in [-0.2, -0.15) is 0 Å². The number of fused-ring (bicyclic) bond motifs is 1. The van der Waals surface area contributed by atoms with Crippen LogP contribution in [0.1, 0.15) is 10.4 Å². The second-order valence-electron chi connectivity index (χ2n) is 4.41. The van der Waals surface area contributed by atoms with E-state index in [2.05, 4.69) is 15.3 Å². The summed E-state index contributed by atoms with van der Waals surface area (Å²) in [7, 11) is 0. The summed E-state index contributed by atoms with van der Waals surface area (Å²) in [5.41, 5.74) is 1.82. The van der Waals surface area contributed by atoms with E-state index in [0.29, 0.717) is 16.7 Å². The van der Waals surface area contributed by atoms with Crippen LogP contribution in [0, 0.1) is 0 Å². The van der Waals surface area contributed by atoms with Crippen molar-refractivity contribution in [1.82, 2.24) is 9.97 Å². The van der Waals surface area contributed by atoms with E-state index in [1.54, 1.807) is 24.3 Å². The number of H-pyrrole nitrogens is 1. The Kier molecular flexibility index (Phi) is 3.15. The lowest BCUT2D eigenvalue weighted by molar-refractivity contribution is 0.0694. The third kappa shape index (κ3) is 2.61. The van der Waals surface area contributed by atoms with Gasteiger partial charge in [-0.15, -0.1) is 0 Å². The van der Waals surface area contributed by atoms with Gasteiger partial charge in [-0.05, 0) is 36.4 Å². The minimum atomic E-state index is -1.20. The SMILES string of the molecule is O=C(O)c1cc(Nc2nc3ccc(Cl)cc3[nH]2)ccc1O. The topological polar surface area (TPSA) is 98.2 Å². The molecule has 0 bridgehead atoms. The Hall–Kier alpha value is -2.73. The second kappa shape index (κ2) is 4.99. The predicted molar refractivity (Wildman–Crippen MR) is 79.5 cm³/mol. The number of aromatic nitrogens is 2. The molecule has 4 N–H and O–H groups in total. The van der Waals surface area contributed by atoms with Gasteiger partial charge in [0.25, 0.3) is 0 Å². The maximum Gasteiger partial charge on any atom is 0.339 e. The van der Waals surface area contributed by atoms with Gasteiger partial charge in [-0.1, -0.05) is 11.6 Å². The lowest BCUT2D eigenvalue weighted by Gasteiger charge is -2.05. The minimum absolute atomic E-state index is 0.181. The Morgan fingerprint density at radius 1 is 1.24 bits per heavy atom. The molecule has 1 aromatic heterocycles. The highest BCUT2D eigenvalue weighted by Gasteiger charge is 2.11. The molecule has 6 nitrogen and oxygen atoms in total. The zero-order chi connectivity index (χ0) is 15.0. The summed E-state index contributed by atoms with van der Waals surface area (Å²) in [6.45, 7) is 0. The fourth-order valence-corrected chi connectivity index (χ4v) is 2.13. The number of aromatic carboxylic acids is 1. The van der Waals surface area contributed by atoms with Crippen LogP contribution in [-0.4, -0.2) is 26.2 Å². The molecule has 0 saturated carbocycles. The fourth-order valence-electron chi connectivity index (χ4n) is 1.96. The first-order chi connectivity index (χ1) is 10.0. The first kappa shape index (κ1) is 13.3. The molecule has 3 rings (SSSR count). The molecule has 0 aliphatic rings. The van der Waals surface area contributed by atoms with E-state index in [1.165, 1.54) is 12.1 Å². The number of imidazole rings is 1. The van der Waals surface area contributed by atoms with Crippen molar-refractivity contribution in [2.24, 2.45) is 0 Å². The van der Waals surface area contributed by atoms with Gasteiger partial charge >= 0.3 is 5.97 Å². The first-order valence-corrected chi connectivity index (χ1v) is 6.39. The standard InChI is InChI=1S/C14H10ClN3O3/c15-7-1-3-10-11(5-7)18-14(17-10)16-8-2-4-12(19)9(6-8)13(20)21/h1-6,19H,(H,20,21)(H2,16,17,18). The molecule has 7 heteroatoms. The lowest BCUT2D eigenvalue weighted by Crippen LogP contribution is -1.99. The Bertz CT molecular complexity index is 845. The number of benzene rings is 2. The molecule has 0 aliphatic heterocycles. The molecule has 0 radical (unpaired) electrons. The molecule has 0 aliphatic carbocycles. The van der Waals surface area contributed by atoms with Crippen molar-refractivity contribution >= 4 is 40.2 Å². The molecule has 1 heterocycles. The minimum Gasteiger partial charge on any atom is -0.507 e. The van der Waals surface area contributed by atoms with Crippen LogP contribution in [0.3, 0.4) is 0 Å². The molecule has 0 saturated heterocycles. The van der Waals surface area contributed by atoms with E-state index in [9.17, 15) is 9.90 Å². The average molecular weight is 304 g/mol. The molecule has 0 fully saturated rings. The molecule has 21 heavy (non-hydrogen) atoms. The van der Waals surface area contributed by atoms with Gasteiger partial charge < -0.3 is 20.5 Å². The number of hydrogen-bond donors (Lipinski definition) is 4. The van der Waals surface area contributed by atoms with Crippen molar-refractivity contribution in [2.75, 3.05) is 5.32 Å². The van der Waals surface area contributed by atoms with Gasteiger partial charge in [0.05, 0.1) is 11.0 Å². The second-order valence-corrected chi connectivity index (χ2v) is 4.85. The molecule has 2 aromatic carbocycles. The van der Waals surface area contributed by atoms with E-state index in [4.69, 9.17) is 16.7 Å². The third-order valence-electron chi connectivity index (χ3n) is 2.93. The Balaban J connectivity index is 1.94.